The van der Waals surface area contributed by atoms with Crippen molar-refractivity contribution in [2.24, 2.45) is 5.92 Å². The highest BCUT2D eigenvalue weighted by atomic mass is 19.4. The fraction of sp³-hybridized carbons (Fsp3) is 0.360. The van der Waals surface area contributed by atoms with Gasteiger partial charge in [0.25, 0.3) is 0 Å². The van der Waals surface area contributed by atoms with Crippen molar-refractivity contribution in [2.45, 2.75) is 46.4 Å². The van der Waals surface area contributed by atoms with Crippen molar-refractivity contribution in [3.8, 4) is 11.5 Å². The van der Waals surface area contributed by atoms with Crippen molar-refractivity contribution in [1.82, 2.24) is 9.97 Å². The van der Waals surface area contributed by atoms with E-state index in [-0.39, 0.29) is 11.8 Å². The molecule has 3 rings (SSSR count). The maximum Gasteiger partial charge on any atom is 0.421 e. The smallest absolute Gasteiger partial charge is 0.421 e. The molecule has 0 fully saturated rings. The summed E-state index contributed by atoms with van der Waals surface area (Å²) < 4.78 is 52.5. The first-order chi connectivity index (χ1) is 15.9. The molecule has 182 valence electrons. The van der Waals surface area contributed by atoms with Gasteiger partial charge in [-0.25, -0.2) is 4.98 Å². The molecule has 0 bridgehead atoms. The predicted molar refractivity (Wildman–Crippen MR) is 127 cm³/mol. The molecule has 0 aliphatic rings. The van der Waals surface area contributed by atoms with Gasteiger partial charge in [-0.15, -0.1) is 0 Å². The summed E-state index contributed by atoms with van der Waals surface area (Å²) in [4.78, 5) is 7.97. The summed E-state index contributed by atoms with van der Waals surface area (Å²) in [5, 5.41) is 5.71. The van der Waals surface area contributed by atoms with Crippen LogP contribution in [0.1, 0.15) is 40.2 Å². The summed E-state index contributed by atoms with van der Waals surface area (Å²) in [7, 11) is 0. The van der Waals surface area contributed by atoms with Gasteiger partial charge in [-0.3, -0.25) is 0 Å². The molecular weight excluding hydrogens is 445 g/mol. The second-order valence-corrected chi connectivity index (χ2v) is 9.14. The Morgan fingerprint density at radius 2 is 1.62 bits per heavy atom. The number of alkyl halides is 3. The van der Waals surface area contributed by atoms with Crippen LogP contribution in [0.3, 0.4) is 0 Å². The third kappa shape index (κ3) is 7.26. The molecule has 0 atom stereocenters. The molecule has 0 amide bonds. The number of anilines is 4. The average molecular weight is 475 g/mol. The molecule has 0 saturated carbocycles. The zero-order chi connectivity index (χ0) is 24.9. The minimum Gasteiger partial charge on any atom is -0.493 e. The lowest BCUT2D eigenvalue weighted by Crippen LogP contribution is -2.23. The molecule has 0 aliphatic carbocycles. The Hall–Kier alpha value is -3.49. The molecule has 3 aromatic rings. The van der Waals surface area contributed by atoms with E-state index in [2.05, 4.69) is 34.4 Å². The van der Waals surface area contributed by atoms with Crippen LogP contribution < -0.4 is 20.1 Å². The molecule has 1 aromatic heterocycles. The molecule has 6 nitrogen and oxygen atoms in total. The maximum atomic E-state index is 13.7. The van der Waals surface area contributed by atoms with Crippen LogP contribution in [0.5, 0.6) is 11.5 Å². The lowest BCUT2D eigenvalue weighted by atomic mass is 10.2. The summed E-state index contributed by atoms with van der Waals surface area (Å²) in [6, 6.07) is 13.8. The van der Waals surface area contributed by atoms with E-state index in [0.717, 1.165) is 6.20 Å². The normalized spacial score (nSPS) is 11.9. The van der Waals surface area contributed by atoms with E-state index in [1.165, 1.54) is 0 Å². The molecule has 0 saturated heterocycles. The molecule has 9 heteroatoms. The number of hydrogen-bond donors (Lipinski definition) is 2. The number of nitrogens with one attached hydrogen (secondary N) is 2. The molecule has 2 N–H and O–H groups in total. The van der Waals surface area contributed by atoms with Crippen molar-refractivity contribution in [3.05, 3.63) is 60.3 Å². The first kappa shape index (κ1) is 25.1. The number of ether oxygens (including phenoxy) is 2. The Kier molecular flexibility index (Phi) is 7.54. The Morgan fingerprint density at radius 1 is 0.941 bits per heavy atom. The van der Waals surface area contributed by atoms with Gasteiger partial charge in [0, 0.05) is 11.9 Å². The van der Waals surface area contributed by atoms with Gasteiger partial charge in [0.1, 0.15) is 28.5 Å². The minimum atomic E-state index is -4.64. The third-order valence-corrected chi connectivity index (χ3v) is 4.34. The van der Waals surface area contributed by atoms with Crippen molar-refractivity contribution in [2.75, 3.05) is 17.2 Å². The fourth-order valence-electron chi connectivity index (χ4n) is 2.89. The second kappa shape index (κ2) is 10.2. The number of rotatable bonds is 8. The molecule has 0 spiro atoms. The number of nitrogens with zero attached hydrogens (tertiary/aromatic N) is 2. The van der Waals surface area contributed by atoms with Crippen LogP contribution in [-0.4, -0.2) is 22.2 Å². The van der Waals surface area contributed by atoms with Crippen molar-refractivity contribution in [3.63, 3.8) is 0 Å². The van der Waals surface area contributed by atoms with E-state index in [1.807, 2.05) is 20.8 Å². The van der Waals surface area contributed by atoms with E-state index >= 15 is 0 Å². The topological polar surface area (TPSA) is 68.3 Å². The van der Waals surface area contributed by atoms with E-state index in [0.29, 0.717) is 35.4 Å². The summed E-state index contributed by atoms with van der Waals surface area (Å²) >= 11 is 0. The van der Waals surface area contributed by atoms with Crippen molar-refractivity contribution < 1.29 is 22.6 Å². The number of hydrogen-bond acceptors (Lipinski definition) is 6. The van der Waals surface area contributed by atoms with Gasteiger partial charge in [-0.05, 0) is 63.1 Å². The van der Waals surface area contributed by atoms with Crippen LogP contribution in [-0.2, 0) is 6.18 Å². The van der Waals surface area contributed by atoms with E-state index < -0.39 is 17.3 Å². The van der Waals surface area contributed by atoms with Gasteiger partial charge in [0.15, 0.2) is 0 Å². The zero-order valence-corrected chi connectivity index (χ0v) is 19.8. The van der Waals surface area contributed by atoms with Crippen molar-refractivity contribution >= 4 is 23.1 Å². The molecular formula is C25H29F3N4O2. The van der Waals surface area contributed by atoms with Gasteiger partial charge in [-0.1, -0.05) is 26.0 Å². The van der Waals surface area contributed by atoms with Gasteiger partial charge < -0.3 is 20.1 Å². The van der Waals surface area contributed by atoms with Crippen LogP contribution >= 0.6 is 0 Å². The summed E-state index contributed by atoms with van der Waals surface area (Å²) in [5.41, 5.74) is -0.548. The minimum absolute atomic E-state index is 0.0144. The number of aromatic nitrogens is 2. The number of benzene rings is 2. The highest BCUT2D eigenvalue weighted by Gasteiger charge is 2.35. The van der Waals surface area contributed by atoms with E-state index in [9.17, 15) is 13.2 Å². The monoisotopic (exact) mass is 474 g/mol. The van der Waals surface area contributed by atoms with E-state index in [1.54, 1.807) is 48.5 Å². The summed E-state index contributed by atoms with van der Waals surface area (Å²) in [6.07, 6.45) is -3.89. The van der Waals surface area contributed by atoms with Crippen LogP contribution in [0.4, 0.5) is 36.3 Å². The summed E-state index contributed by atoms with van der Waals surface area (Å²) in [6.45, 7) is 10.3. The second-order valence-electron chi connectivity index (χ2n) is 9.14. The number of halogens is 3. The SMILES string of the molecule is CC(C)COc1ccc(Nc2ncc(C(F)(F)F)c(Nc3ccccc3OC(C)(C)C)n2)cc1. The average Bonchev–Trinajstić information content (AvgIpc) is 2.73. The van der Waals surface area contributed by atoms with Gasteiger partial charge in [-0.2, -0.15) is 18.2 Å². The fourth-order valence-corrected chi connectivity index (χ4v) is 2.89. The molecule has 2 aromatic carbocycles. The highest BCUT2D eigenvalue weighted by molar-refractivity contribution is 5.67. The van der Waals surface area contributed by atoms with Gasteiger partial charge >= 0.3 is 6.18 Å². The largest absolute Gasteiger partial charge is 0.493 e. The third-order valence-electron chi connectivity index (χ3n) is 4.34. The quantitative estimate of drug-likeness (QED) is 0.360. The Bertz CT molecular complexity index is 1090. The van der Waals surface area contributed by atoms with Crippen LogP contribution in [0, 0.1) is 5.92 Å². The molecule has 0 aliphatic heterocycles. The molecule has 0 unspecified atom stereocenters. The first-order valence-electron chi connectivity index (χ1n) is 10.9. The Labute approximate surface area is 197 Å². The molecule has 1 heterocycles. The highest BCUT2D eigenvalue weighted by Crippen LogP contribution is 2.37. The lowest BCUT2D eigenvalue weighted by molar-refractivity contribution is -0.137. The van der Waals surface area contributed by atoms with Crippen LogP contribution in [0.2, 0.25) is 0 Å². The Balaban J connectivity index is 1.87. The van der Waals surface area contributed by atoms with E-state index in [4.69, 9.17) is 9.47 Å². The maximum absolute atomic E-state index is 13.7. The molecule has 0 radical (unpaired) electrons. The zero-order valence-electron chi connectivity index (χ0n) is 19.8. The van der Waals surface area contributed by atoms with Crippen LogP contribution in [0.15, 0.2) is 54.7 Å². The number of para-hydroxylation sites is 2. The standard InChI is InChI=1S/C25H29F3N4O2/c1-16(2)15-33-18-12-10-17(11-13-18)30-23-29-14-19(25(26,27)28)22(32-23)31-20-8-6-7-9-21(20)34-24(3,4)5/h6-14,16H,15H2,1-5H3,(H2,29,30,31,32). The van der Waals surface area contributed by atoms with Gasteiger partial charge in [0.2, 0.25) is 5.95 Å². The molecule has 34 heavy (non-hydrogen) atoms. The van der Waals surface area contributed by atoms with Crippen LogP contribution in [0.25, 0.3) is 0 Å². The first-order valence-corrected chi connectivity index (χ1v) is 10.9. The predicted octanol–water partition coefficient (Wildman–Crippen LogP) is 7.19. The van der Waals surface area contributed by atoms with Crippen molar-refractivity contribution in [1.29, 1.82) is 0 Å². The summed E-state index contributed by atoms with van der Waals surface area (Å²) in [5.74, 6) is 1.13. The Morgan fingerprint density at radius 3 is 2.24 bits per heavy atom. The van der Waals surface area contributed by atoms with Gasteiger partial charge in [0.05, 0.1) is 12.3 Å². The lowest BCUT2D eigenvalue weighted by Gasteiger charge is -2.24.